The van der Waals surface area contributed by atoms with Crippen LogP contribution in [0.1, 0.15) is 30.3 Å². The number of pyridine rings is 1. The van der Waals surface area contributed by atoms with E-state index in [2.05, 4.69) is 51.3 Å². The number of benzene rings is 1. The third-order valence-electron chi connectivity index (χ3n) is 4.36. The number of piperidine rings is 1. The minimum atomic E-state index is 0.451. The lowest BCUT2D eigenvalue weighted by atomic mass is 10.1. The Balaban J connectivity index is 1.79. The standard InChI is InChI=1S/C18H20N4/c1-2-6-14(7-3-1)12-17-21-16-9-5-11-20-18(16)22(17)15-8-4-10-19-13-15/h1-3,5-7,9,11,15,19H,4,8,10,12-13H2. The molecule has 0 radical (unpaired) electrons. The zero-order valence-corrected chi connectivity index (χ0v) is 12.6. The van der Waals surface area contributed by atoms with Gasteiger partial charge in [-0.1, -0.05) is 30.3 Å². The molecule has 3 heterocycles. The third-order valence-corrected chi connectivity index (χ3v) is 4.36. The maximum absolute atomic E-state index is 4.86. The molecule has 1 saturated heterocycles. The van der Waals surface area contributed by atoms with Crippen LogP contribution in [0, 0.1) is 0 Å². The highest BCUT2D eigenvalue weighted by molar-refractivity contribution is 5.71. The summed E-state index contributed by atoms with van der Waals surface area (Å²) in [6.07, 6.45) is 5.12. The average Bonchev–Trinajstić information content (AvgIpc) is 2.94. The van der Waals surface area contributed by atoms with Crippen LogP contribution in [0.3, 0.4) is 0 Å². The molecule has 112 valence electrons. The average molecular weight is 292 g/mol. The Morgan fingerprint density at radius 3 is 2.86 bits per heavy atom. The smallest absolute Gasteiger partial charge is 0.160 e. The maximum Gasteiger partial charge on any atom is 0.160 e. The zero-order chi connectivity index (χ0) is 14.8. The number of hydrogen-bond acceptors (Lipinski definition) is 3. The fraction of sp³-hybridized carbons (Fsp3) is 0.333. The van der Waals surface area contributed by atoms with Crippen LogP contribution in [0.25, 0.3) is 11.2 Å². The van der Waals surface area contributed by atoms with Crippen molar-refractivity contribution in [3.8, 4) is 0 Å². The summed E-state index contributed by atoms with van der Waals surface area (Å²) in [6, 6.07) is 15.0. The number of aromatic nitrogens is 3. The van der Waals surface area contributed by atoms with E-state index in [9.17, 15) is 0 Å². The molecule has 4 rings (SSSR count). The van der Waals surface area contributed by atoms with Gasteiger partial charge in [-0.15, -0.1) is 0 Å². The quantitative estimate of drug-likeness (QED) is 0.807. The molecule has 1 aliphatic heterocycles. The van der Waals surface area contributed by atoms with E-state index in [1.807, 2.05) is 12.3 Å². The Hall–Kier alpha value is -2.20. The van der Waals surface area contributed by atoms with E-state index >= 15 is 0 Å². The van der Waals surface area contributed by atoms with Crippen molar-refractivity contribution in [3.05, 3.63) is 60.0 Å². The largest absolute Gasteiger partial charge is 0.315 e. The Labute approximate surface area is 130 Å². The van der Waals surface area contributed by atoms with Crippen LogP contribution < -0.4 is 5.32 Å². The highest BCUT2D eigenvalue weighted by Gasteiger charge is 2.21. The summed E-state index contributed by atoms with van der Waals surface area (Å²) < 4.78 is 2.36. The topological polar surface area (TPSA) is 42.7 Å². The van der Waals surface area contributed by atoms with Gasteiger partial charge in [0, 0.05) is 25.2 Å². The van der Waals surface area contributed by atoms with Gasteiger partial charge in [0.05, 0.1) is 0 Å². The van der Waals surface area contributed by atoms with Crippen molar-refractivity contribution in [1.29, 1.82) is 0 Å². The lowest BCUT2D eigenvalue weighted by Gasteiger charge is -2.26. The molecular formula is C18H20N4. The van der Waals surface area contributed by atoms with Gasteiger partial charge < -0.3 is 9.88 Å². The van der Waals surface area contributed by atoms with Gasteiger partial charge in [-0.3, -0.25) is 0 Å². The van der Waals surface area contributed by atoms with Crippen molar-refractivity contribution < 1.29 is 0 Å². The van der Waals surface area contributed by atoms with Gasteiger partial charge in [0.15, 0.2) is 5.65 Å². The van der Waals surface area contributed by atoms with E-state index in [0.717, 1.165) is 36.5 Å². The van der Waals surface area contributed by atoms with Gasteiger partial charge in [0.1, 0.15) is 11.3 Å². The summed E-state index contributed by atoms with van der Waals surface area (Å²) in [5.74, 6) is 1.12. The molecule has 1 aromatic carbocycles. The summed E-state index contributed by atoms with van der Waals surface area (Å²) in [4.78, 5) is 9.45. The summed E-state index contributed by atoms with van der Waals surface area (Å²) in [6.45, 7) is 2.12. The first-order valence-electron chi connectivity index (χ1n) is 7.98. The van der Waals surface area contributed by atoms with Crippen molar-refractivity contribution >= 4 is 11.2 Å². The number of nitrogens with one attached hydrogen (secondary N) is 1. The van der Waals surface area contributed by atoms with E-state index < -0.39 is 0 Å². The van der Waals surface area contributed by atoms with Crippen LogP contribution in [0.4, 0.5) is 0 Å². The van der Waals surface area contributed by atoms with Crippen LogP contribution in [-0.2, 0) is 6.42 Å². The number of fused-ring (bicyclic) bond motifs is 1. The molecule has 2 aromatic heterocycles. The molecule has 0 saturated carbocycles. The van der Waals surface area contributed by atoms with Gasteiger partial charge in [0.25, 0.3) is 0 Å². The first-order chi connectivity index (χ1) is 10.9. The van der Waals surface area contributed by atoms with E-state index in [1.165, 1.54) is 18.4 Å². The van der Waals surface area contributed by atoms with Gasteiger partial charge in [-0.05, 0) is 37.1 Å². The van der Waals surface area contributed by atoms with Gasteiger partial charge in [-0.25, -0.2) is 9.97 Å². The van der Waals surface area contributed by atoms with Gasteiger partial charge >= 0.3 is 0 Å². The molecule has 0 bridgehead atoms. The zero-order valence-electron chi connectivity index (χ0n) is 12.6. The van der Waals surface area contributed by atoms with Crippen LogP contribution in [0.2, 0.25) is 0 Å². The second-order valence-corrected chi connectivity index (χ2v) is 5.91. The summed E-state index contributed by atoms with van der Waals surface area (Å²) in [5.41, 5.74) is 3.31. The molecule has 0 aliphatic carbocycles. The van der Waals surface area contributed by atoms with E-state index in [0.29, 0.717) is 6.04 Å². The van der Waals surface area contributed by atoms with Crippen molar-refractivity contribution in [2.24, 2.45) is 0 Å². The Bertz CT molecular complexity index is 757. The fourth-order valence-corrected chi connectivity index (χ4v) is 3.32. The number of rotatable bonds is 3. The van der Waals surface area contributed by atoms with Crippen molar-refractivity contribution in [1.82, 2.24) is 19.9 Å². The second-order valence-electron chi connectivity index (χ2n) is 5.91. The predicted molar refractivity (Wildman–Crippen MR) is 87.9 cm³/mol. The fourth-order valence-electron chi connectivity index (χ4n) is 3.32. The Morgan fingerprint density at radius 2 is 2.05 bits per heavy atom. The van der Waals surface area contributed by atoms with Crippen molar-refractivity contribution in [2.45, 2.75) is 25.3 Å². The van der Waals surface area contributed by atoms with Crippen LogP contribution >= 0.6 is 0 Å². The molecule has 1 unspecified atom stereocenters. The van der Waals surface area contributed by atoms with Crippen LogP contribution in [0.5, 0.6) is 0 Å². The SMILES string of the molecule is c1ccc(Cc2nc3cccnc3n2C2CCCNC2)cc1. The van der Waals surface area contributed by atoms with Crippen molar-refractivity contribution in [2.75, 3.05) is 13.1 Å². The molecule has 1 aliphatic rings. The monoisotopic (exact) mass is 292 g/mol. The van der Waals surface area contributed by atoms with Crippen molar-refractivity contribution in [3.63, 3.8) is 0 Å². The highest BCUT2D eigenvalue weighted by Crippen LogP contribution is 2.25. The molecule has 0 amide bonds. The molecule has 1 fully saturated rings. The van der Waals surface area contributed by atoms with E-state index in [4.69, 9.17) is 4.98 Å². The highest BCUT2D eigenvalue weighted by atomic mass is 15.2. The first kappa shape index (κ1) is 13.5. The minimum absolute atomic E-state index is 0.451. The molecule has 4 heteroatoms. The number of hydrogen-bond donors (Lipinski definition) is 1. The van der Waals surface area contributed by atoms with Crippen LogP contribution in [-0.4, -0.2) is 27.6 Å². The molecule has 1 atom stereocenters. The molecular weight excluding hydrogens is 272 g/mol. The molecule has 0 spiro atoms. The maximum atomic E-state index is 4.86. The molecule has 1 N–H and O–H groups in total. The van der Waals surface area contributed by atoms with E-state index in [-0.39, 0.29) is 0 Å². The van der Waals surface area contributed by atoms with Crippen LogP contribution in [0.15, 0.2) is 48.7 Å². The molecule has 3 aromatic rings. The summed E-state index contributed by atoms with van der Waals surface area (Å²) >= 11 is 0. The lowest BCUT2D eigenvalue weighted by Crippen LogP contribution is -2.32. The number of nitrogens with zero attached hydrogens (tertiary/aromatic N) is 3. The summed E-state index contributed by atoms with van der Waals surface area (Å²) in [5, 5.41) is 3.50. The molecule has 4 nitrogen and oxygen atoms in total. The lowest BCUT2D eigenvalue weighted by molar-refractivity contribution is 0.370. The van der Waals surface area contributed by atoms with E-state index in [1.54, 1.807) is 0 Å². The normalized spacial score (nSPS) is 18.6. The first-order valence-corrected chi connectivity index (χ1v) is 7.98. The predicted octanol–water partition coefficient (Wildman–Crippen LogP) is 2.95. The van der Waals surface area contributed by atoms with Gasteiger partial charge in [-0.2, -0.15) is 0 Å². The Kier molecular flexibility index (Phi) is 3.60. The molecule has 22 heavy (non-hydrogen) atoms. The number of imidazole rings is 1. The second kappa shape index (κ2) is 5.89. The summed E-state index contributed by atoms with van der Waals surface area (Å²) in [7, 11) is 0. The third kappa shape index (κ3) is 2.50. The Morgan fingerprint density at radius 1 is 1.14 bits per heavy atom. The minimum Gasteiger partial charge on any atom is -0.315 e. The van der Waals surface area contributed by atoms with Gasteiger partial charge in [0.2, 0.25) is 0 Å².